The van der Waals surface area contributed by atoms with Gasteiger partial charge in [0.25, 0.3) is 0 Å². The molecule has 120 valence electrons. The summed E-state index contributed by atoms with van der Waals surface area (Å²) in [5, 5.41) is 3.48. The molecule has 1 aliphatic carbocycles. The van der Waals surface area contributed by atoms with Gasteiger partial charge in [0, 0.05) is 32.2 Å². The minimum absolute atomic E-state index is 0. The highest BCUT2D eigenvalue weighted by Gasteiger charge is 2.33. The molecule has 2 fully saturated rings. The Morgan fingerprint density at radius 2 is 1.57 bits per heavy atom. The van der Waals surface area contributed by atoms with E-state index in [-0.39, 0.29) is 24.8 Å². The number of halogens is 2. The molecular weight excluding hydrogens is 303 g/mol. The van der Waals surface area contributed by atoms with Crippen LogP contribution in [-0.4, -0.2) is 31.1 Å². The van der Waals surface area contributed by atoms with Crippen molar-refractivity contribution in [2.45, 2.75) is 39.2 Å². The van der Waals surface area contributed by atoms with Gasteiger partial charge in [-0.2, -0.15) is 0 Å². The maximum Gasteiger partial charge on any atom is 0.0377 e. The van der Waals surface area contributed by atoms with Gasteiger partial charge in [-0.05, 0) is 38.2 Å². The largest absolute Gasteiger partial charge is 0.314 e. The second kappa shape index (κ2) is 8.38. The molecule has 3 rings (SSSR count). The normalized spacial score (nSPS) is 20.9. The summed E-state index contributed by atoms with van der Waals surface area (Å²) in [7, 11) is 0. The first-order valence-corrected chi connectivity index (χ1v) is 7.77. The summed E-state index contributed by atoms with van der Waals surface area (Å²) in [6, 6.07) is 7.78. The van der Waals surface area contributed by atoms with Crippen molar-refractivity contribution in [3.05, 3.63) is 34.9 Å². The zero-order valence-electron chi connectivity index (χ0n) is 13.1. The fourth-order valence-corrected chi connectivity index (χ4v) is 3.68. The number of benzene rings is 1. The monoisotopic (exact) mass is 330 g/mol. The molecule has 1 aliphatic heterocycles. The van der Waals surface area contributed by atoms with E-state index in [0.29, 0.717) is 6.04 Å². The van der Waals surface area contributed by atoms with Crippen molar-refractivity contribution in [2.75, 3.05) is 26.2 Å². The molecule has 2 aliphatic rings. The number of piperazine rings is 1. The predicted molar refractivity (Wildman–Crippen MR) is 94.9 cm³/mol. The minimum atomic E-state index is 0. The highest BCUT2D eigenvalue weighted by Crippen LogP contribution is 2.41. The van der Waals surface area contributed by atoms with Crippen molar-refractivity contribution < 1.29 is 0 Å². The summed E-state index contributed by atoms with van der Waals surface area (Å²) in [6.45, 7) is 9.16. The van der Waals surface area contributed by atoms with Crippen LogP contribution in [0.5, 0.6) is 0 Å². The molecule has 1 atom stereocenters. The van der Waals surface area contributed by atoms with Crippen LogP contribution in [0.15, 0.2) is 18.2 Å². The molecule has 1 N–H and O–H groups in total. The van der Waals surface area contributed by atoms with E-state index in [4.69, 9.17) is 0 Å². The molecule has 0 radical (unpaired) electrons. The van der Waals surface area contributed by atoms with Crippen LogP contribution >= 0.6 is 24.8 Å². The average molecular weight is 331 g/mol. The number of hydrogen-bond donors (Lipinski definition) is 1. The first-order valence-electron chi connectivity index (χ1n) is 7.77. The van der Waals surface area contributed by atoms with Gasteiger partial charge in [0.2, 0.25) is 0 Å². The van der Waals surface area contributed by atoms with Gasteiger partial charge in [-0.1, -0.05) is 35.7 Å². The van der Waals surface area contributed by atoms with Gasteiger partial charge in [0.05, 0.1) is 0 Å². The first-order chi connectivity index (χ1) is 9.24. The SMILES string of the molecule is Cc1cc(C)cc([C@@H](C2CCC2)N2CCNCC2)c1.Cl.Cl. The Kier molecular flexibility index (Phi) is 7.49. The molecule has 1 aromatic carbocycles. The molecule has 0 bridgehead atoms. The number of aryl methyl sites for hydroxylation is 2. The Bertz CT molecular complexity index is 420. The third kappa shape index (κ3) is 4.35. The lowest BCUT2D eigenvalue weighted by Gasteiger charge is -2.43. The van der Waals surface area contributed by atoms with Crippen LogP contribution in [0.4, 0.5) is 0 Å². The fourth-order valence-electron chi connectivity index (χ4n) is 3.68. The van der Waals surface area contributed by atoms with Crippen LogP contribution < -0.4 is 5.32 Å². The van der Waals surface area contributed by atoms with E-state index in [0.717, 1.165) is 19.0 Å². The third-order valence-corrected chi connectivity index (χ3v) is 4.73. The molecule has 21 heavy (non-hydrogen) atoms. The van der Waals surface area contributed by atoms with E-state index in [1.807, 2.05) is 0 Å². The van der Waals surface area contributed by atoms with Crippen LogP contribution in [0.2, 0.25) is 0 Å². The molecule has 4 heteroatoms. The first kappa shape index (κ1) is 18.8. The molecule has 0 unspecified atom stereocenters. The lowest BCUT2D eigenvalue weighted by Crippen LogP contribution is -2.47. The van der Waals surface area contributed by atoms with Gasteiger partial charge < -0.3 is 5.32 Å². The number of hydrogen-bond acceptors (Lipinski definition) is 2. The van der Waals surface area contributed by atoms with E-state index in [1.54, 1.807) is 5.56 Å². The highest BCUT2D eigenvalue weighted by atomic mass is 35.5. The summed E-state index contributed by atoms with van der Waals surface area (Å²) in [5.74, 6) is 0.888. The third-order valence-electron chi connectivity index (χ3n) is 4.73. The molecule has 1 aromatic rings. The van der Waals surface area contributed by atoms with Crippen LogP contribution in [0.25, 0.3) is 0 Å². The molecule has 1 heterocycles. The Labute approximate surface area is 141 Å². The number of nitrogens with one attached hydrogen (secondary N) is 1. The summed E-state index contributed by atoms with van der Waals surface area (Å²) < 4.78 is 0. The summed E-state index contributed by atoms with van der Waals surface area (Å²) >= 11 is 0. The van der Waals surface area contributed by atoms with E-state index in [1.165, 1.54) is 43.5 Å². The van der Waals surface area contributed by atoms with Crippen LogP contribution in [0.1, 0.15) is 42.0 Å². The standard InChI is InChI=1S/C17H26N2.2ClH/c1-13-10-14(2)12-16(11-13)17(15-4-3-5-15)19-8-6-18-7-9-19;;/h10-12,15,17-18H,3-9H2,1-2H3;2*1H/t17-;;/m1../s1. The molecule has 1 saturated carbocycles. The zero-order valence-corrected chi connectivity index (χ0v) is 14.7. The van der Waals surface area contributed by atoms with Crippen molar-refractivity contribution in [3.63, 3.8) is 0 Å². The number of nitrogens with zero attached hydrogens (tertiary/aromatic N) is 1. The highest BCUT2D eigenvalue weighted by molar-refractivity contribution is 5.85. The number of rotatable bonds is 3. The topological polar surface area (TPSA) is 15.3 Å². The van der Waals surface area contributed by atoms with Crippen molar-refractivity contribution in [2.24, 2.45) is 5.92 Å². The second-order valence-electron chi connectivity index (χ2n) is 6.34. The van der Waals surface area contributed by atoms with Gasteiger partial charge in [0.1, 0.15) is 0 Å². The van der Waals surface area contributed by atoms with E-state index in [9.17, 15) is 0 Å². The molecular formula is C17H28Cl2N2. The van der Waals surface area contributed by atoms with Gasteiger partial charge in [0.15, 0.2) is 0 Å². The zero-order chi connectivity index (χ0) is 13.2. The van der Waals surface area contributed by atoms with Gasteiger partial charge in [-0.3, -0.25) is 4.90 Å². The Morgan fingerprint density at radius 3 is 2.05 bits per heavy atom. The molecule has 1 saturated heterocycles. The van der Waals surface area contributed by atoms with Crippen LogP contribution in [-0.2, 0) is 0 Å². The lowest BCUT2D eigenvalue weighted by atomic mass is 9.76. The van der Waals surface area contributed by atoms with Crippen molar-refractivity contribution >= 4 is 24.8 Å². The second-order valence-corrected chi connectivity index (χ2v) is 6.34. The molecule has 0 amide bonds. The van der Waals surface area contributed by atoms with Crippen molar-refractivity contribution in [1.29, 1.82) is 0 Å². The summed E-state index contributed by atoms with van der Waals surface area (Å²) in [5.41, 5.74) is 4.38. The predicted octanol–water partition coefficient (Wildman–Crippen LogP) is 3.89. The lowest BCUT2D eigenvalue weighted by molar-refractivity contribution is 0.0836. The smallest absolute Gasteiger partial charge is 0.0377 e. The Hall–Kier alpha value is -0.280. The molecule has 2 nitrogen and oxygen atoms in total. The summed E-state index contributed by atoms with van der Waals surface area (Å²) in [4.78, 5) is 2.72. The van der Waals surface area contributed by atoms with Gasteiger partial charge in [-0.15, -0.1) is 24.8 Å². The van der Waals surface area contributed by atoms with Gasteiger partial charge in [-0.25, -0.2) is 0 Å². The van der Waals surface area contributed by atoms with Crippen LogP contribution in [0, 0.1) is 19.8 Å². The minimum Gasteiger partial charge on any atom is -0.314 e. The molecule has 0 spiro atoms. The average Bonchev–Trinajstić information content (AvgIpc) is 2.33. The quantitative estimate of drug-likeness (QED) is 0.904. The van der Waals surface area contributed by atoms with Crippen LogP contribution in [0.3, 0.4) is 0 Å². The van der Waals surface area contributed by atoms with Crippen molar-refractivity contribution in [3.8, 4) is 0 Å². The van der Waals surface area contributed by atoms with E-state index < -0.39 is 0 Å². The Balaban J connectivity index is 0.00000110. The van der Waals surface area contributed by atoms with Gasteiger partial charge >= 0.3 is 0 Å². The maximum absolute atomic E-state index is 3.48. The van der Waals surface area contributed by atoms with Crippen molar-refractivity contribution in [1.82, 2.24) is 10.2 Å². The summed E-state index contributed by atoms with van der Waals surface area (Å²) in [6.07, 6.45) is 4.27. The molecule has 0 aromatic heterocycles. The van der Waals surface area contributed by atoms with E-state index in [2.05, 4.69) is 42.3 Å². The Morgan fingerprint density at radius 1 is 1.00 bits per heavy atom. The fraction of sp³-hybridized carbons (Fsp3) is 0.647. The van der Waals surface area contributed by atoms with E-state index >= 15 is 0 Å². The maximum atomic E-state index is 3.48.